The van der Waals surface area contributed by atoms with Crippen LogP contribution in [-0.2, 0) is 0 Å². The lowest BCUT2D eigenvalue weighted by atomic mass is 9.93. The molecule has 170 valence electrons. The highest BCUT2D eigenvalue weighted by atomic mass is 19.1. The van der Waals surface area contributed by atoms with Gasteiger partial charge < -0.3 is 20.4 Å². The van der Waals surface area contributed by atoms with Crippen molar-refractivity contribution in [3.8, 4) is 11.3 Å². The molecule has 9 heteroatoms. The van der Waals surface area contributed by atoms with Gasteiger partial charge in [-0.25, -0.2) is 13.8 Å². The first-order valence-corrected chi connectivity index (χ1v) is 10.1. The maximum absolute atomic E-state index is 14.4. The monoisotopic (exact) mass is 442 g/mol. The van der Waals surface area contributed by atoms with E-state index >= 15 is 0 Å². The van der Waals surface area contributed by atoms with Crippen LogP contribution in [0.2, 0.25) is 0 Å². The average molecular weight is 443 g/mol. The van der Waals surface area contributed by atoms with Gasteiger partial charge in [0.1, 0.15) is 29.4 Å². The highest BCUT2D eigenvalue weighted by Gasteiger charge is 2.21. The molecular weight excluding hydrogens is 414 g/mol. The fourth-order valence-electron chi connectivity index (χ4n) is 3.52. The number of hydrogen-bond acceptors (Lipinski definition) is 6. The van der Waals surface area contributed by atoms with Gasteiger partial charge in [-0.2, -0.15) is 4.98 Å². The molecule has 0 saturated carbocycles. The summed E-state index contributed by atoms with van der Waals surface area (Å²) in [6, 6.07) is 3.28. The Bertz CT molecular complexity index is 1170. The average Bonchev–Trinajstić information content (AvgIpc) is 3.26. The van der Waals surface area contributed by atoms with E-state index in [1.165, 1.54) is 18.5 Å². The van der Waals surface area contributed by atoms with Crippen molar-refractivity contribution in [3.05, 3.63) is 66.5 Å². The van der Waals surface area contributed by atoms with E-state index in [0.29, 0.717) is 18.1 Å². The fraction of sp³-hybridized carbons (Fsp3) is 0.304. The minimum Gasteiger partial charge on any atom is -0.432 e. The molecule has 0 atom stereocenters. The molecule has 0 amide bonds. The number of aromatic nitrogens is 2. The number of nitrogens with zero attached hydrogens (tertiary/aromatic N) is 4. The van der Waals surface area contributed by atoms with Crippen LogP contribution < -0.4 is 11.1 Å². The van der Waals surface area contributed by atoms with Gasteiger partial charge in [-0.05, 0) is 37.7 Å². The third kappa shape index (κ3) is 5.42. The molecule has 0 aliphatic rings. The van der Waals surface area contributed by atoms with E-state index in [-0.39, 0.29) is 28.2 Å². The highest BCUT2D eigenvalue weighted by molar-refractivity contribution is 5.87. The van der Waals surface area contributed by atoms with E-state index in [1.807, 2.05) is 14.1 Å². The second-order valence-electron chi connectivity index (χ2n) is 8.59. The van der Waals surface area contributed by atoms with Gasteiger partial charge in [0.2, 0.25) is 0 Å². The summed E-state index contributed by atoms with van der Waals surface area (Å²) in [4.78, 5) is 10.7. The van der Waals surface area contributed by atoms with Crippen molar-refractivity contribution in [3.63, 3.8) is 0 Å². The first kappa shape index (κ1) is 23.2. The summed E-state index contributed by atoms with van der Waals surface area (Å²) >= 11 is 0. The summed E-state index contributed by atoms with van der Waals surface area (Å²) in [6.45, 7) is 9.83. The van der Waals surface area contributed by atoms with Crippen molar-refractivity contribution in [2.24, 2.45) is 16.1 Å². The van der Waals surface area contributed by atoms with Gasteiger partial charge in [-0.15, -0.1) is 0 Å². The topological polar surface area (TPSA) is 84.1 Å². The number of aliphatic imine (C=N–C) groups is 1. The van der Waals surface area contributed by atoms with Gasteiger partial charge in [0.15, 0.2) is 0 Å². The zero-order chi connectivity index (χ0) is 23.5. The number of hydrogen-bond donors (Lipinski definition) is 2. The standard InChI is InChI=1S/C23H28F2N6O/c1-15(28-13-23(2,3)14-30(4)5)27-9-8-19(26)21-20(29-22-31(21)10-11-32-22)17-7-6-16(24)12-18(17)25/h6-12,28H,1,13-14,26H2,2-5H3/b19-8-,27-9-. The maximum Gasteiger partial charge on any atom is 0.306 e. The van der Waals surface area contributed by atoms with Crippen LogP contribution >= 0.6 is 0 Å². The first-order valence-electron chi connectivity index (χ1n) is 10.1. The van der Waals surface area contributed by atoms with Crippen molar-refractivity contribution in [1.82, 2.24) is 19.6 Å². The maximum atomic E-state index is 14.4. The largest absolute Gasteiger partial charge is 0.432 e. The Morgan fingerprint density at radius 1 is 1.38 bits per heavy atom. The molecule has 32 heavy (non-hydrogen) atoms. The molecule has 3 N–H and O–H groups in total. The van der Waals surface area contributed by atoms with Gasteiger partial charge in [0.25, 0.3) is 0 Å². The van der Waals surface area contributed by atoms with Gasteiger partial charge in [-0.3, -0.25) is 4.40 Å². The predicted octanol–water partition coefficient (Wildman–Crippen LogP) is 3.89. The number of nitrogens with two attached hydrogens (primary N) is 1. The molecule has 0 fully saturated rings. The molecule has 3 aromatic rings. The lowest BCUT2D eigenvalue weighted by molar-refractivity contribution is 0.237. The van der Waals surface area contributed by atoms with E-state index in [1.54, 1.807) is 16.7 Å². The number of halogens is 2. The van der Waals surface area contributed by atoms with Gasteiger partial charge in [-0.1, -0.05) is 20.4 Å². The number of oxazole rings is 1. The number of nitrogens with one attached hydrogen (secondary N) is 1. The molecule has 0 saturated heterocycles. The van der Waals surface area contributed by atoms with Crippen LogP contribution in [0.4, 0.5) is 8.78 Å². The van der Waals surface area contributed by atoms with Gasteiger partial charge in [0.05, 0.1) is 11.4 Å². The van der Waals surface area contributed by atoms with Crippen LogP contribution in [0.1, 0.15) is 19.5 Å². The Morgan fingerprint density at radius 2 is 2.12 bits per heavy atom. The minimum absolute atomic E-state index is 0.0371. The molecular formula is C23H28F2N6O. The predicted molar refractivity (Wildman–Crippen MR) is 123 cm³/mol. The molecule has 0 radical (unpaired) electrons. The SMILES string of the molecule is C=C(/N=C\C=C(/N)c1c(-c2ccc(F)cc2F)nc2occn12)NCC(C)(C)CN(C)C. The van der Waals surface area contributed by atoms with Crippen LogP contribution in [0, 0.1) is 17.0 Å². The summed E-state index contributed by atoms with van der Waals surface area (Å²) in [7, 11) is 4.06. The van der Waals surface area contributed by atoms with Crippen molar-refractivity contribution in [2.75, 3.05) is 27.2 Å². The van der Waals surface area contributed by atoms with Crippen molar-refractivity contribution < 1.29 is 13.2 Å². The van der Waals surface area contributed by atoms with Gasteiger partial charge in [0, 0.05) is 37.1 Å². The quantitative estimate of drug-likeness (QED) is 0.491. The number of fused-ring (bicyclic) bond motifs is 1. The molecule has 0 spiro atoms. The Morgan fingerprint density at radius 3 is 2.81 bits per heavy atom. The summed E-state index contributed by atoms with van der Waals surface area (Å²) in [6.07, 6.45) is 6.14. The highest BCUT2D eigenvalue weighted by Crippen LogP contribution is 2.30. The van der Waals surface area contributed by atoms with E-state index in [2.05, 4.69) is 40.6 Å². The normalized spacial score (nSPS) is 12.9. The summed E-state index contributed by atoms with van der Waals surface area (Å²) in [5.74, 6) is -0.689. The van der Waals surface area contributed by atoms with Crippen LogP contribution in [0.5, 0.6) is 0 Å². The second-order valence-corrected chi connectivity index (χ2v) is 8.59. The number of imidazole rings is 1. The Hall–Kier alpha value is -3.46. The third-order valence-corrected chi connectivity index (χ3v) is 4.72. The second kappa shape index (κ2) is 9.35. The Balaban J connectivity index is 1.81. The molecule has 0 unspecified atom stereocenters. The summed E-state index contributed by atoms with van der Waals surface area (Å²) < 4.78 is 34.7. The van der Waals surface area contributed by atoms with E-state index < -0.39 is 11.6 Å². The van der Waals surface area contributed by atoms with Crippen LogP contribution in [-0.4, -0.2) is 47.7 Å². The van der Waals surface area contributed by atoms with Crippen molar-refractivity contribution in [1.29, 1.82) is 0 Å². The van der Waals surface area contributed by atoms with Crippen LogP contribution in [0.3, 0.4) is 0 Å². The van der Waals surface area contributed by atoms with E-state index in [0.717, 1.165) is 18.7 Å². The molecule has 0 aliphatic carbocycles. The van der Waals surface area contributed by atoms with Crippen LogP contribution in [0.15, 0.2) is 58.5 Å². The molecule has 3 rings (SSSR count). The van der Waals surface area contributed by atoms with Crippen LogP contribution in [0.25, 0.3) is 22.8 Å². The fourth-order valence-corrected chi connectivity index (χ4v) is 3.52. The molecule has 2 aromatic heterocycles. The van der Waals surface area contributed by atoms with E-state index in [9.17, 15) is 8.78 Å². The molecule has 1 aromatic carbocycles. The zero-order valence-corrected chi connectivity index (χ0v) is 18.7. The minimum atomic E-state index is -0.744. The van der Waals surface area contributed by atoms with E-state index in [4.69, 9.17) is 10.2 Å². The Labute approximate surface area is 185 Å². The lowest BCUT2D eigenvalue weighted by Crippen LogP contribution is -2.37. The smallest absolute Gasteiger partial charge is 0.306 e. The lowest BCUT2D eigenvalue weighted by Gasteiger charge is -2.28. The van der Waals surface area contributed by atoms with Gasteiger partial charge >= 0.3 is 5.84 Å². The molecule has 7 nitrogen and oxygen atoms in total. The Kier molecular flexibility index (Phi) is 6.78. The molecule has 0 bridgehead atoms. The van der Waals surface area contributed by atoms with Crippen molar-refractivity contribution in [2.45, 2.75) is 13.8 Å². The number of allylic oxidation sites excluding steroid dienone is 1. The summed E-state index contributed by atoms with van der Waals surface area (Å²) in [5.41, 5.74) is 7.37. The third-order valence-electron chi connectivity index (χ3n) is 4.72. The molecule has 2 heterocycles. The first-order chi connectivity index (χ1) is 15.1. The van der Waals surface area contributed by atoms with Crippen molar-refractivity contribution >= 4 is 17.8 Å². The number of benzene rings is 1. The number of rotatable bonds is 9. The summed E-state index contributed by atoms with van der Waals surface area (Å²) in [5, 5.41) is 3.21. The molecule has 0 aliphatic heterocycles. The zero-order valence-electron chi connectivity index (χ0n) is 18.7.